The number of rotatable bonds is 2. The third-order valence-electron chi connectivity index (χ3n) is 5.38. The van der Waals surface area contributed by atoms with Crippen LogP contribution in [-0.2, 0) is 0 Å². The van der Waals surface area contributed by atoms with Crippen LogP contribution in [0.25, 0.3) is 49.1 Å². The topological polar surface area (TPSA) is 0 Å². The van der Waals surface area contributed by atoms with Crippen LogP contribution in [0.15, 0.2) is 54.3 Å². The molecule has 6 rings (SSSR count). The van der Waals surface area contributed by atoms with Gasteiger partial charge in [-0.2, -0.15) is 0 Å². The molecular weight excluding hydrogens is 736 g/mol. The minimum atomic E-state index is 1.14. The molecule has 0 N–H and O–H groups in total. The summed E-state index contributed by atoms with van der Waals surface area (Å²) >= 11 is 23.0. The van der Waals surface area contributed by atoms with E-state index in [2.05, 4.69) is 114 Å². The molecule has 0 aliphatic carbocycles. The first kappa shape index (κ1) is 22.4. The van der Waals surface area contributed by atoms with Crippen molar-refractivity contribution in [2.45, 2.75) is 13.8 Å². The molecule has 4 aromatic heterocycles. The van der Waals surface area contributed by atoms with E-state index in [1.807, 2.05) is 45.3 Å². The van der Waals surface area contributed by atoms with Crippen LogP contribution in [0.3, 0.4) is 0 Å². The van der Waals surface area contributed by atoms with Crippen molar-refractivity contribution >= 4 is 137 Å². The molecule has 2 aromatic carbocycles. The lowest BCUT2D eigenvalue weighted by Crippen LogP contribution is -1.78. The molecule has 6 aromatic rings. The van der Waals surface area contributed by atoms with Crippen molar-refractivity contribution in [3.05, 3.63) is 65.4 Å². The number of thiophene rings is 4. The summed E-state index contributed by atoms with van der Waals surface area (Å²) in [6, 6.07) is 13.2. The summed E-state index contributed by atoms with van der Waals surface area (Å²) in [4.78, 5) is 2.58. The first-order chi connectivity index (χ1) is 15.3. The number of aryl methyl sites for hydroxylation is 2. The molecule has 4 heterocycles. The van der Waals surface area contributed by atoms with E-state index in [1.165, 1.54) is 69.2 Å². The fraction of sp³-hybridized carbons (Fsp3) is 0.0833. The van der Waals surface area contributed by atoms with Gasteiger partial charge < -0.3 is 0 Å². The first-order valence-corrected chi connectivity index (χ1v) is 16.1. The summed E-state index contributed by atoms with van der Waals surface area (Å²) in [5.74, 6) is 0. The van der Waals surface area contributed by atoms with Gasteiger partial charge in [-0.15, -0.1) is 45.3 Å². The second-order valence-corrected chi connectivity index (χ2v) is 15.0. The zero-order chi connectivity index (χ0) is 22.3. The highest BCUT2D eigenvalue weighted by atomic mass is 79.9. The normalized spacial score (nSPS) is 12.1. The van der Waals surface area contributed by atoms with Gasteiger partial charge >= 0.3 is 0 Å². The summed E-state index contributed by atoms with van der Waals surface area (Å²) in [6.07, 6.45) is 0. The molecule has 0 nitrogen and oxygen atoms in total. The van der Waals surface area contributed by atoms with E-state index in [0.29, 0.717) is 0 Å². The predicted octanol–water partition coefficient (Wildman–Crippen LogP) is 12.4. The first-order valence-electron chi connectivity index (χ1n) is 9.61. The molecule has 0 amide bonds. The zero-order valence-corrected chi connectivity index (χ0v) is 26.2. The van der Waals surface area contributed by atoms with Crippen LogP contribution >= 0.6 is 109 Å². The minimum Gasteiger partial charge on any atom is -0.131 e. The lowest BCUT2D eigenvalue weighted by molar-refractivity contribution is 1.45. The van der Waals surface area contributed by atoms with E-state index in [0.717, 1.165) is 8.95 Å². The predicted molar refractivity (Wildman–Crippen MR) is 162 cm³/mol. The Hall–Kier alpha value is -0.0600. The van der Waals surface area contributed by atoms with Crippen molar-refractivity contribution < 1.29 is 0 Å². The Labute approximate surface area is 234 Å². The van der Waals surface area contributed by atoms with E-state index in [1.54, 1.807) is 0 Å². The SMILES string of the molecule is Cc1ccc(-c2sc3c(sc4c5sc(-c6ccc(C)cc6Br)c(Br)c5sc34)c2Br)c(Br)c1. The molecule has 0 aliphatic rings. The van der Waals surface area contributed by atoms with Gasteiger partial charge in [-0.3, -0.25) is 0 Å². The molecule has 0 atom stereocenters. The molecule has 0 bridgehead atoms. The molecule has 0 saturated carbocycles. The molecule has 0 radical (unpaired) electrons. The lowest BCUT2D eigenvalue weighted by atomic mass is 10.1. The van der Waals surface area contributed by atoms with Gasteiger partial charge in [0.05, 0.1) is 46.9 Å². The number of hydrogen-bond acceptors (Lipinski definition) is 4. The molecule has 8 heteroatoms. The van der Waals surface area contributed by atoms with Crippen LogP contribution in [0.2, 0.25) is 0 Å². The minimum absolute atomic E-state index is 1.14. The van der Waals surface area contributed by atoms with Gasteiger partial charge in [0.2, 0.25) is 0 Å². The summed E-state index contributed by atoms with van der Waals surface area (Å²) in [7, 11) is 0. The Morgan fingerprint density at radius 1 is 0.500 bits per heavy atom. The fourth-order valence-electron chi connectivity index (χ4n) is 3.82. The fourth-order valence-corrected chi connectivity index (χ4v) is 13.3. The van der Waals surface area contributed by atoms with E-state index in [-0.39, 0.29) is 0 Å². The second kappa shape index (κ2) is 8.26. The van der Waals surface area contributed by atoms with E-state index < -0.39 is 0 Å². The van der Waals surface area contributed by atoms with Crippen molar-refractivity contribution in [1.29, 1.82) is 0 Å². The smallest absolute Gasteiger partial charge is 0.0651 e. The van der Waals surface area contributed by atoms with Crippen LogP contribution < -0.4 is 0 Å². The molecule has 0 unspecified atom stereocenters. The lowest BCUT2D eigenvalue weighted by Gasteiger charge is -2.04. The van der Waals surface area contributed by atoms with E-state index >= 15 is 0 Å². The number of benzene rings is 2. The summed E-state index contributed by atoms with van der Waals surface area (Å²) in [5.41, 5.74) is 5.01. The molecule has 160 valence electrons. The van der Waals surface area contributed by atoms with Gasteiger partial charge in [0.25, 0.3) is 0 Å². The largest absolute Gasteiger partial charge is 0.131 e. The van der Waals surface area contributed by atoms with Gasteiger partial charge in [-0.1, -0.05) is 56.1 Å². The standard InChI is InChI=1S/C24H12Br4S4/c1-9-3-5-11(13(25)7-9)17-15(27)19-21(29-17)23-24(31-19)22-20(32-23)16(28)18(30-22)12-6-4-10(2)8-14(12)26/h3-8H,1-2H3. The highest BCUT2D eigenvalue weighted by Gasteiger charge is 2.24. The van der Waals surface area contributed by atoms with Gasteiger partial charge in [-0.05, 0) is 69.0 Å². The van der Waals surface area contributed by atoms with Crippen molar-refractivity contribution in [2.24, 2.45) is 0 Å². The number of fused-ring (bicyclic) bond motifs is 5. The van der Waals surface area contributed by atoms with E-state index in [9.17, 15) is 0 Å². The Balaban J connectivity index is 1.57. The van der Waals surface area contributed by atoms with Crippen LogP contribution in [0, 0.1) is 13.8 Å². The summed E-state index contributed by atoms with van der Waals surface area (Å²) in [6.45, 7) is 4.25. The maximum absolute atomic E-state index is 3.93. The molecular formula is C24H12Br4S4. The summed E-state index contributed by atoms with van der Waals surface area (Å²) < 4.78 is 13.0. The highest BCUT2D eigenvalue weighted by molar-refractivity contribution is 9.11. The van der Waals surface area contributed by atoms with Crippen LogP contribution in [0.5, 0.6) is 0 Å². The van der Waals surface area contributed by atoms with E-state index in [4.69, 9.17) is 0 Å². The third kappa shape index (κ3) is 3.40. The van der Waals surface area contributed by atoms with Gasteiger partial charge in [-0.25, -0.2) is 0 Å². The van der Waals surface area contributed by atoms with Gasteiger partial charge in [0, 0.05) is 20.1 Å². The average molecular weight is 748 g/mol. The monoisotopic (exact) mass is 744 g/mol. The Kier molecular flexibility index (Phi) is 5.78. The molecule has 0 aliphatic heterocycles. The zero-order valence-electron chi connectivity index (χ0n) is 16.6. The Morgan fingerprint density at radius 2 is 0.875 bits per heavy atom. The number of halogens is 4. The highest BCUT2D eigenvalue weighted by Crippen LogP contribution is 2.57. The average Bonchev–Trinajstić information content (AvgIpc) is 3.43. The molecule has 0 fully saturated rings. The van der Waals surface area contributed by atoms with Crippen molar-refractivity contribution in [3.63, 3.8) is 0 Å². The maximum atomic E-state index is 3.93. The Bertz CT molecular complexity index is 1570. The van der Waals surface area contributed by atoms with Gasteiger partial charge in [0.1, 0.15) is 0 Å². The van der Waals surface area contributed by atoms with Crippen LogP contribution in [0.4, 0.5) is 0 Å². The van der Waals surface area contributed by atoms with Crippen LogP contribution in [0.1, 0.15) is 11.1 Å². The van der Waals surface area contributed by atoms with Crippen LogP contribution in [-0.4, -0.2) is 0 Å². The molecule has 32 heavy (non-hydrogen) atoms. The Morgan fingerprint density at radius 3 is 1.25 bits per heavy atom. The van der Waals surface area contributed by atoms with Crippen molar-refractivity contribution in [1.82, 2.24) is 0 Å². The summed E-state index contributed by atoms with van der Waals surface area (Å²) in [5, 5.41) is 0. The van der Waals surface area contributed by atoms with Gasteiger partial charge in [0.15, 0.2) is 0 Å². The molecule has 0 saturated heterocycles. The third-order valence-corrected chi connectivity index (χ3v) is 14.9. The number of hydrogen-bond donors (Lipinski definition) is 0. The quantitative estimate of drug-likeness (QED) is 0.165. The molecule has 0 spiro atoms. The van der Waals surface area contributed by atoms with Crippen molar-refractivity contribution in [2.75, 3.05) is 0 Å². The second-order valence-electron chi connectivity index (χ2n) is 7.64. The van der Waals surface area contributed by atoms with Crippen molar-refractivity contribution in [3.8, 4) is 20.9 Å². The maximum Gasteiger partial charge on any atom is 0.0651 e.